The average molecular weight is 383 g/mol. The van der Waals surface area contributed by atoms with E-state index in [1.165, 1.54) is 11.8 Å². The Labute approximate surface area is 156 Å². The maximum atomic E-state index is 6.21. The Bertz CT molecular complexity index is 741. The first kappa shape index (κ1) is 17.6. The number of halogens is 2. The normalized spacial score (nSPS) is 17.1. The molecule has 1 aliphatic heterocycles. The van der Waals surface area contributed by atoms with Crippen LogP contribution in [0.5, 0.6) is 0 Å². The molecule has 1 saturated heterocycles. The van der Waals surface area contributed by atoms with Crippen LogP contribution in [0.4, 0.5) is 11.6 Å². The van der Waals surface area contributed by atoms with Crippen molar-refractivity contribution in [2.24, 2.45) is 5.41 Å². The predicted molar refractivity (Wildman–Crippen MR) is 102 cm³/mol. The average Bonchev–Trinajstić information content (AvgIpc) is 2.52. The van der Waals surface area contributed by atoms with Gasteiger partial charge in [-0.2, -0.15) is 0 Å². The minimum atomic E-state index is 0.399. The summed E-state index contributed by atoms with van der Waals surface area (Å²) in [5, 5.41) is 1.84. The molecule has 128 valence electrons. The second-order valence-electron chi connectivity index (χ2n) is 6.75. The van der Waals surface area contributed by atoms with Crippen molar-refractivity contribution in [3.63, 3.8) is 0 Å². The highest BCUT2D eigenvalue weighted by Gasteiger charge is 2.26. The van der Waals surface area contributed by atoms with Crippen LogP contribution in [0.2, 0.25) is 10.0 Å². The highest BCUT2D eigenvalue weighted by atomic mass is 35.5. The molecule has 0 unspecified atom stereocenters. The fourth-order valence-electron chi connectivity index (χ4n) is 2.62. The highest BCUT2D eigenvalue weighted by Crippen LogP contribution is 2.37. The standard InChI is InChI=1S/C17H20Cl2N4S/c1-17(2)5-7-23(8-6-17)14-10-21-16(15(20)22-14)24-13-4-3-11(18)9-12(13)19/h3-4,9-10H,5-8H2,1-2H3,(H2,20,22). The smallest absolute Gasteiger partial charge is 0.158 e. The molecule has 7 heteroatoms. The minimum Gasteiger partial charge on any atom is -0.381 e. The first-order chi connectivity index (χ1) is 11.3. The summed E-state index contributed by atoms with van der Waals surface area (Å²) in [6, 6.07) is 5.36. The van der Waals surface area contributed by atoms with Crippen LogP contribution in [0.25, 0.3) is 0 Å². The van der Waals surface area contributed by atoms with E-state index < -0.39 is 0 Å². The number of benzene rings is 1. The monoisotopic (exact) mass is 382 g/mol. The highest BCUT2D eigenvalue weighted by molar-refractivity contribution is 7.99. The number of hydrogen-bond acceptors (Lipinski definition) is 5. The molecule has 0 atom stereocenters. The van der Waals surface area contributed by atoms with Crippen LogP contribution in [0, 0.1) is 5.41 Å². The van der Waals surface area contributed by atoms with Gasteiger partial charge in [-0.05, 0) is 36.5 Å². The number of aromatic nitrogens is 2. The van der Waals surface area contributed by atoms with Gasteiger partial charge in [-0.15, -0.1) is 0 Å². The third-order valence-electron chi connectivity index (χ3n) is 4.29. The predicted octanol–water partition coefficient (Wildman–Crippen LogP) is 5.14. The van der Waals surface area contributed by atoms with E-state index in [0.29, 0.717) is 26.3 Å². The number of nitrogens with zero attached hydrogens (tertiary/aromatic N) is 3. The van der Waals surface area contributed by atoms with E-state index in [0.717, 1.165) is 36.6 Å². The van der Waals surface area contributed by atoms with Gasteiger partial charge < -0.3 is 10.6 Å². The zero-order valence-corrected chi connectivity index (χ0v) is 16.0. The number of rotatable bonds is 3. The van der Waals surface area contributed by atoms with Crippen molar-refractivity contribution in [2.45, 2.75) is 36.6 Å². The second kappa shape index (κ2) is 6.98. The van der Waals surface area contributed by atoms with E-state index in [-0.39, 0.29) is 0 Å². The maximum absolute atomic E-state index is 6.21. The molecule has 1 aliphatic rings. The summed E-state index contributed by atoms with van der Waals surface area (Å²) in [4.78, 5) is 12.1. The van der Waals surface area contributed by atoms with Gasteiger partial charge in [0.1, 0.15) is 10.8 Å². The lowest BCUT2D eigenvalue weighted by Gasteiger charge is -2.37. The molecule has 0 radical (unpaired) electrons. The molecule has 4 nitrogen and oxygen atoms in total. The van der Waals surface area contributed by atoms with E-state index in [4.69, 9.17) is 28.9 Å². The van der Waals surface area contributed by atoms with Crippen molar-refractivity contribution in [3.05, 3.63) is 34.4 Å². The fraction of sp³-hybridized carbons (Fsp3) is 0.412. The molecule has 1 fully saturated rings. The number of piperidine rings is 1. The zero-order chi connectivity index (χ0) is 17.3. The van der Waals surface area contributed by atoms with Crippen LogP contribution in [0.3, 0.4) is 0 Å². The summed E-state index contributed by atoms with van der Waals surface area (Å²) in [7, 11) is 0. The lowest BCUT2D eigenvalue weighted by Crippen LogP contribution is -2.37. The van der Waals surface area contributed by atoms with E-state index in [2.05, 4.69) is 28.7 Å². The molecule has 2 aromatic rings. The molecular weight excluding hydrogens is 363 g/mol. The van der Waals surface area contributed by atoms with Crippen molar-refractivity contribution in [1.29, 1.82) is 0 Å². The van der Waals surface area contributed by atoms with Gasteiger partial charge in [0.15, 0.2) is 5.82 Å². The summed E-state index contributed by atoms with van der Waals surface area (Å²) >= 11 is 13.5. The zero-order valence-electron chi connectivity index (χ0n) is 13.7. The lowest BCUT2D eigenvalue weighted by molar-refractivity contribution is 0.279. The van der Waals surface area contributed by atoms with Crippen molar-refractivity contribution < 1.29 is 0 Å². The second-order valence-corrected chi connectivity index (χ2v) is 8.62. The van der Waals surface area contributed by atoms with Crippen LogP contribution in [0.15, 0.2) is 34.3 Å². The van der Waals surface area contributed by atoms with Crippen LogP contribution >= 0.6 is 35.0 Å². The van der Waals surface area contributed by atoms with Crippen LogP contribution in [-0.4, -0.2) is 23.1 Å². The topological polar surface area (TPSA) is 55.0 Å². The van der Waals surface area contributed by atoms with E-state index in [9.17, 15) is 0 Å². The SMILES string of the molecule is CC1(C)CCN(c2cnc(Sc3ccc(Cl)cc3Cl)c(N)n2)CC1. The van der Waals surface area contributed by atoms with Gasteiger partial charge in [0, 0.05) is 23.0 Å². The van der Waals surface area contributed by atoms with Gasteiger partial charge in [0.2, 0.25) is 0 Å². The third-order valence-corrected chi connectivity index (χ3v) is 6.04. The summed E-state index contributed by atoms with van der Waals surface area (Å²) in [5.74, 6) is 1.27. The Morgan fingerprint density at radius 3 is 2.54 bits per heavy atom. The maximum Gasteiger partial charge on any atom is 0.158 e. The Balaban J connectivity index is 1.75. The Kier molecular flexibility index (Phi) is 5.13. The molecule has 1 aromatic carbocycles. The van der Waals surface area contributed by atoms with E-state index in [1.54, 1.807) is 18.3 Å². The van der Waals surface area contributed by atoms with Crippen molar-refractivity contribution in [2.75, 3.05) is 23.7 Å². The summed E-state index contributed by atoms with van der Waals surface area (Å²) in [6.07, 6.45) is 4.08. The van der Waals surface area contributed by atoms with Gasteiger partial charge in [0.05, 0.1) is 11.2 Å². The molecule has 0 saturated carbocycles. The summed E-state index contributed by atoms with van der Waals surface area (Å²) < 4.78 is 0. The molecule has 2 heterocycles. The van der Waals surface area contributed by atoms with Gasteiger partial charge >= 0.3 is 0 Å². The molecule has 24 heavy (non-hydrogen) atoms. The van der Waals surface area contributed by atoms with Crippen molar-refractivity contribution in [1.82, 2.24) is 9.97 Å². The number of anilines is 2. The Morgan fingerprint density at radius 2 is 1.92 bits per heavy atom. The third kappa shape index (κ3) is 4.08. The van der Waals surface area contributed by atoms with E-state index in [1.807, 2.05) is 6.07 Å². The largest absolute Gasteiger partial charge is 0.381 e. The molecule has 0 bridgehead atoms. The van der Waals surface area contributed by atoms with Crippen LogP contribution < -0.4 is 10.6 Å². The molecule has 1 aromatic heterocycles. The van der Waals surface area contributed by atoms with Gasteiger partial charge in [-0.25, -0.2) is 9.97 Å². The molecule has 0 amide bonds. The molecule has 0 spiro atoms. The quantitative estimate of drug-likeness (QED) is 0.795. The van der Waals surface area contributed by atoms with Gasteiger partial charge in [0.25, 0.3) is 0 Å². The summed E-state index contributed by atoms with van der Waals surface area (Å²) in [6.45, 7) is 6.58. The van der Waals surface area contributed by atoms with Crippen LogP contribution in [-0.2, 0) is 0 Å². The fourth-order valence-corrected chi connectivity index (χ4v) is 3.90. The number of hydrogen-bond donors (Lipinski definition) is 1. The first-order valence-corrected chi connectivity index (χ1v) is 9.42. The first-order valence-electron chi connectivity index (χ1n) is 7.84. The molecular formula is C17H20Cl2N4S. The minimum absolute atomic E-state index is 0.399. The van der Waals surface area contributed by atoms with Gasteiger partial charge in [-0.1, -0.05) is 48.8 Å². The number of nitrogens with two attached hydrogens (primary N) is 1. The lowest BCUT2D eigenvalue weighted by atomic mass is 9.83. The Morgan fingerprint density at radius 1 is 1.21 bits per heavy atom. The molecule has 2 N–H and O–H groups in total. The van der Waals surface area contributed by atoms with Crippen molar-refractivity contribution >= 4 is 46.6 Å². The number of nitrogen functional groups attached to an aromatic ring is 1. The molecule has 3 rings (SSSR count). The Hall–Kier alpha value is -1.17. The molecule has 0 aliphatic carbocycles. The van der Waals surface area contributed by atoms with Crippen molar-refractivity contribution in [3.8, 4) is 0 Å². The van der Waals surface area contributed by atoms with Crippen LogP contribution in [0.1, 0.15) is 26.7 Å². The van der Waals surface area contributed by atoms with E-state index >= 15 is 0 Å². The summed E-state index contributed by atoms with van der Waals surface area (Å²) in [5.41, 5.74) is 6.52. The van der Waals surface area contributed by atoms with Gasteiger partial charge in [-0.3, -0.25) is 0 Å².